The van der Waals surface area contributed by atoms with Gasteiger partial charge in [-0.1, -0.05) is 54.6 Å². The van der Waals surface area contributed by atoms with Crippen LogP contribution in [-0.4, -0.2) is 39.5 Å². The molecule has 7 nitrogen and oxygen atoms in total. The molecule has 0 saturated carbocycles. The van der Waals surface area contributed by atoms with Gasteiger partial charge in [-0.05, 0) is 42.0 Å². The molecule has 0 spiro atoms. The van der Waals surface area contributed by atoms with Crippen molar-refractivity contribution in [3.8, 4) is 0 Å². The number of amides is 2. The summed E-state index contributed by atoms with van der Waals surface area (Å²) >= 11 is 0. The highest BCUT2D eigenvalue weighted by Crippen LogP contribution is 2.53. The van der Waals surface area contributed by atoms with E-state index in [0.717, 1.165) is 5.56 Å². The van der Waals surface area contributed by atoms with Crippen LogP contribution in [0, 0.1) is 11.8 Å². The first kappa shape index (κ1) is 21.8. The fourth-order valence-electron chi connectivity index (χ4n) is 5.58. The zero-order valence-corrected chi connectivity index (χ0v) is 19.6. The van der Waals surface area contributed by atoms with Crippen LogP contribution >= 0.6 is 0 Å². The summed E-state index contributed by atoms with van der Waals surface area (Å²) < 4.78 is 35.0. The maximum Gasteiger partial charge on any atom is 0.264 e. The lowest BCUT2D eigenvalue weighted by Crippen LogP contribution is -2.50. The minimum absolute atomic E-state index is 0.123. The summed E-state index contributed by atoms with van der Waals surface area (Å²) in [6.07, 6.45) is 1.15. The fourth-order valence-corrected chi connectivity index (χ4v) is 7.27. The van der Waals surface area contributed by atoms with Gasteiger partial charge in [0.1, 0.15) is 0 Å². The van der Waals surface area contributed by atoms with Crippen LogP contribution in [0.2, 0.25) is 0 Å². The number of ether oxygens (including phenoxy) is 1. The van der Waals surface area contributed by atoms with Crippen molar-refractivity contribution in [2.75, 3.05) is 16.3 Å². The van der Waals surface area contributed by atoms with Gasteiger partial charge in [0.15, 0.2) is 0 Å². The van der Waals surface area contributed by atoms with Crippen LogP contribution < -0.4 is 9.21 Å². The number of anilines is 2. The molecule has 3 aromatic rings. The van der Waals surface area contributed by atoms with E-state index in [9.17, 15) is 18.0 Å². The molecule has 0 bridgehead atoms. The lowest BCUT2D eigenvalue weighted by molar-refractivity contribution is -0.124. The third-order valence-electron chi connectivity index (χ3n) is 7.05. The zero-order chi connectivity index (χ0) is 24.3. The summed E-state index contributed by atoms with van der Waals surface area (Å²) in [4.78, 5) is 28.8. The van der Waals surface area contributed by atoms with Crippen molar-refractivity contribution in [2.45, 2.75) is 17.0 Å². The largest absolute Gasteiger partial charge is 0.377 e. The number of para-hydroxylation sites is 2. The van der Waals surface area contributed by atoms with Crippen LogP contribution in [0.25, 0.3) is 5.57 Å². The molecule has 1 aliphatic carbocycles. The monoisotopic (exact) mass is 486 g/mol. The molecule has 8 heteroatoms. The summed E-state index contributed by atoms with van der Waals surface area (Å²) in [6.45, 7) is 0. The number of hydrogen-bond acceptors (Lipinski definition) is 5. The summed E-state index contributed by atoms with van der Waals surface area (Å²) in [5.74, 6) is -2.59. The van der Waals surface area contributed by atoms with E-state index in [4.69, 9.17) is 4.74 Å². The van der Waals surface area contributed by atoms with E-state index in [1.165, 1.54) is 28.4 Å². The molecule has 176 valence electrons. The molecule has 0 N–H and O–H groups in total. The number of hydrogen-bond donors (Lipinski definition) is 0. The summed E-state index contributed by atoms with van der Waals surface area (Å²) in [6, 6.07) is 23.2. The van der Waals surface area contributed by atoms with Crippen molar-refractivity contribution in [1.82, 2.24) is 0 Å². The lowest BCUT2D eigenvalue weighted by atomic mass is 9.75. The second kappa shape index (κ2) is 7.90. The van der Waals surface area contributed by atoms with E-state index < -0.39 is 39.9 Å². The Morgan fingerprint density at radius 2 is 1.37 bits per heavy atom. The van der Waals surface area contributed by atoms with Gasteiger partial charge in [-0.3, -0.25) is 13.9 Å². The van der Waals surface area contributed by atoms with Crippen molar-refractivity contribution in [3.05, 3.63) is 96.6 Å². The first-order chi connectivity index (χ1) is 16.9. The molecular formula is C27H22N2O5S. The summed E-state index contributed by atoms with van der Waals surface area (Å²) in [5.41, 5.74) is 2.35. The lowest BCUT2D eigenvalue weighted by Gasteiger charge is -2.37. The van der Waals surface area contributed by atoms with Crippen molar-refractivity contribution in [3.63, 3.8) is 0 Å². The Morgan fingerprint density at radius 3 is 2.06 bits per heavy atom. The predicted octanol–water partition coefficient (Wildman–Crippen LogP) is 3.48. The zero-order valence-electron chi connectivity index (χ0n) is 18.8. The molecule has 0 unspecified atom stereocenters. The van der Waals surface area contributed by atoms with Gasteiger partial charge in [0.25, 0.3) is 10.0 Å². The third-order valence-corrected chi connectivity index (χ3v) is 8.86. The van der Waals surface area contributed by atoms with Gasteiger partial charge in [0.05, 0.1) is 40.3 Å². The van der Waals surface area contributed by atoms with E-state index in [1.807, 2.05) is 18.2 Å². The van der Waals surface area contributed by atoms with Crippen molar-refractivity contribution < 1.29 is 22.7 Å². The Labute approximate surface area is 203 Å². The molecule has 3 aliphatic rings. The first-order valence-electron chi connectivity index (χ1n) is 11.3. The Kier molecular flexibility index (Phi) is 4.91. The standard InChI is InChI=1S/C27H22N2O5S/c1-34-22-16-20-19-14-8-9-15-21(19)29(35(32,33)18-12-6-3-7-13-18)25(20)24-23(22)26(30)28(27(24)31)17-10-4-2-5-11-17/h2-16,22-25H,1H3/t22-,23-,24-,25+/m0/s1. The van der Waals surface area contributed by atoms with Gasteiger partial charge in [-0.2, -0.15) is 0 Å². The molecule has 1 fully saturated rings. The molecule has 35 heavy (non-hydrogen) atoms. The molecule has 0 aromatic heterocycles. The molecule has 0 radical (unpaired) electrons. The second-order valence-corrected chi connectivity index (χ2v) is 10.6. The van der Waals surface area contributed by atoms with Crippen LogP contribution in [0.15, 0.2) is 95.9 Å². The molecule has 1 saturated heterocycles. The minimum Gasteiger partial charge on any atom is -0.377 e. The highest BCUT2D eigenvalue weighted by Gasteiger charge is 2.62. The quantitative estimate of drug-likeness (QED) is 0.528. The molecule has 2 aliphatic heterocycles. The van der Waals surface area contributed by atoms with E-state index in [1.54, 1.807) is 60.7 Å². The van der Waals surface area contributed by atoms with Crippen molar-refractivity contribution in [1.29, 1.82) is 0 Å². The Balaban J connectivity index is 1.56. The van der Waals surface area contributed by atoms with Crippen LogP contribution in [0.3, 0.4) is 0 Å². The highest BCUT2D eigenvalue weighted by molar-refractivity contribution is 7.93. The van der Waals surface area contributed by atoms with Crippen LogP contribution in [-0.2, 0) is 24.3 Å². The number of nitrogens with zero attached hydrogens (tertiary/aromatic N) is 2. The number of sulfonamides is 1. The van der Waals surface area contributed by atoms with Gasteiger partial charge < -0.3 is 4.74 Å². The molecular weight excluding hydrogens is 464 g/mol. The van der Waals surface area contributed by atoms with Crippen molar-refractivity contribution >= 4 is 38.8 Å². The van der Waals surface area contributed by atoms with Crippen LogP contribution in [0.4, 0.5) is 11.4 Å². The number of benzene rings is 3. The number of carbonyl (C=O) groups excluding carboxylic acids is 2. The van der Waals surface area contributed by atoms with E-state index in [2.05, 4.69) is 0 Å². The predicted molar refractivity (Wildman–Crippen MR) is 131 cm³/mol. The number of rotatable bonds is 4. The number of fused-ring (bicyclic) bond motifs is 5. The van der Waals surface area contributed by atoms with Gasteiger partial charge in [-0.15, -0.1) is 0 Å². The Bertz CT molecular complexity index is 1470. The smallest absolute Gasteiger partial charge is 0.264 e. The third kappa shape index (κ3) is 3.03. The van der Waals surface area contributed by atoms with Crippen LogP contribution in [0.5, 0.6) is 0 Å². The van der Waals surface area contributed by atoms with E-state index in [-0.39, 0.29) is 10.8 Å². The SMILES string of the molecule is CO[C@H]1C=C2c3ccccc3N(S(=O)(=O)c3ccccc3)[C@H]2[C@H]2C(=O)N(c3ccccc3)C(=O)[C@H]21. The maximum atomic E-state index is 14.0. The fraction of sp³-hybridized carbons (Fsp3) is 0.185. The van der Waals surface area contributed by atoms with Gasteiger partial charge in [0, 0.05) is 12.7 Å². The second-order valence-electron chi connectivity index (χ2n) is 8.80. The van der Waals surface area contributed by atoms with Gasteiger partial charge in [-0.25, -0.2) is 13.3 Å². The number of carbonyl (C=O) groups is 2. The van der Waals surface area contributed by atoms with E-state index >= 15 is 0 Å². The molecule has 6 rings (SSSR count). The van der Waals surface area contributed by atoms with Crippen molar-refractivity contribution in [2.24, 2.45) is 11.8 Å². The Hall–Kier alpha value is -3.75. The minimum atomic E-state index is -4.04. The average molecular weight is 487 g/mol. The number of imide groups is 1. The van der Waals surface area contributed by atoms with E-state index in [0.29, 0.717) is 16.9 Å². The summed E-state index contributed by atoms with van der Waals surface area (Å²) in [7, 11) is -2.54. The molecule has 4 atom stereocenters. The molecule has 2 amide bonds. The molecule has 3 aromatic carbocycles. The topological polar surface area (TPSA) is 84.0 Å². The maximum absolute atomic E-state index is 14.0. The first-order valence-corrected chi connectivity index (χ1v) is 12.8. The highest BCUT2D eigenvalue weighted by atomic mass is 32.2. The summed E-state index contributed by atoms with van der Waals surface area (Å²) in [5, 5.41) is 0. The normalized spacial score (nSPS) is 25.2. The van der Waals surface area contributed by atoms with Crippen LogP contribution in [0.1, 0.15) is 5.56 Å². The molecule has 2 heterocycles. The average Bonchev–Trinajstić information content (AvgIpc) is 3.36. The van der Waals surface area contributed by atoms with Gasteiger partial charge in [0.2, 0.25) is 11.8 Å². The Morgan fingerprint density at radius 1 is 0.771 bits per heavy atom. The van der Waals surface area contributed by atoms with Gasteiger partial charge >= 0.3 is 0 Å². The number of methoxy groups -OCH3 is 1.